The third-order valence-electron chi connectivity index (χ3n) is 4.99. The molecule has 1 unspecified atom stereocenters. The highest BCUT2D eigenvalue weighted by Crippen LogP contribution is 2.29. The first-order valence-electron chi connectivity index (χ1n) is 9.72. The highest BCUT2D eigenvalue weighted by atomic mass is 35.5. The maximum absolute atomic E-state index is 13.3. The van der Waals surface area contributed by atoms with E-state index in [0.717, 1.165) is 24.2 Å². The summed E-state index contributed by atoms with van der Waals surface area (Å²) in [7, 11) is 0. The van der Waals surface area contributed by atoms with Gasteiger partial charge in [0.25, 0.3) is 5.91 Å². The SMILES string of the molecule is CCOC(=O)C1CCCN(C(=O)c2cnn(-c3ccccc3Cl)c2C(C)C)C1. The van der Waals surface area contributed by atoms with Crippen LogP contribution in [0.4, 0.5) is 0 Å². The molecule has 3 rings (SSSR count). The van der Waals surface area contributed by atoms with Crippen molar-refractivity contribution in [1.29, 1.82) is 0 Å². The summed E-state index contributed by atoms with van der Waals surface area (Å²) in [6.45, 7) is 7.21. The number of amides is 1. The Morgan fingerprint density at radius 3 is 2.75 bits per heavy atom. The number of aromatic nitrogens is 2. The lowest BCUT2D eigenvalue weighted by Crippen LogP contribution is -2.43. The van der Waals surface area contributed by atoms with Crippen molar-refractivity contribution in [3.05, 3.63) is 46.7 Å². The quantitative estimate of drug-likeness (QED) is 0.706. The van der Waals surface area contributed by atoms with E-state index in [4.69, 9.17) is 16.3 Å². The Morgan fingerprint density at radius 1 is 1.32 bits per heavy atom. The maximum atomic E-state index is 13.3. The van der Waals surface area contributed by atoms with Gasteiger partial charge in [0.15, 0.2) is 0 Å². The zero-order valence-electron chi connectivity index (χ0n) is 16.5. The second-order valence-electron chi connectivity index (χ2n) is 7.30. The Labute approximate surface area is 170 Å². The van der Waals surface area contributed by atoms with Crippen LogP contribution in [0.5, 0.6) is 0 Å². The summed E-state index contributed by atoms with van der Waals surface area (Å²) in [4.78, 5) is 27.1. The summed E-state index contributed by atoms with van der Waals surface area (Å²) in [6.07, 6.45) is 3.14. The number of carbonyl (C=O) groups excluding carboxylic acids is 2. The molecule has 0 aliphatic carbocycles. The summed E-state index contributed by atoms with van der Waals surface area (Å²) in [6, 6.07) is 7.44. The van der Waals surface area contributed by atoms with Crippen LogP contribution < -0.4 is 0 Å². The van der Waals surface area contributed by atoms with Gasteiger partial charge in [0.05, 0.1) is 40.7 Å². The summed E-state index contributed by atoms with van der Waals surface area (Å²) >= 11 is 6.35. The lowest BCUT2D eigenvalue weighted by molar-refractivity contribution is -0.149. The van der Waals surface area contributed by atoms with E-state index in [1.807, 2.05) is 32.0 Å². The van der Waals surface area contributed by atoms with Crippen molar-refractivity contribution >= 4 is 23.5 Å². The van der Waals surface area contributed by atoms with Gasteiger partial charge >= 0.3 is 5.97 Å². The third kappa shape index (κ3) is 4.07. The average Bonchev–Trinajstić information content (AvgIpc) is 3.13. The molecule has 2 heterocycles. The number of rotatable bonds is 5. The largest absolute Gasteiger partial charge is 0.466 e. The number of piperidine rings is 1. The number of para-hydroxylation sites is 1. The van der Waals surface area contributed by atoms with E-state index in [9.17, 15) is 9.59 Å². The Morgan fingerprint density at radius 2 is 2.07 bits per heavy atom. The topological polar surface area (TPSA) is 64.4 Å². The van der Waals surface area contributed by atoms with E-state index >= 15 is 0 Å². The minimum absolute atomic E-state index is 0.0726. The predicted molar refractivity (Wildman–Crippen MR) is 108 cm³/mol. The molecule has 28 heavy (non-hydrogen) atoms. The van der Waals surface area contributed by atoms with Crippen molar-refractivity contribution in [2.24, 2.45) is 5.92 Å². The molecule has 0 saturated carbocycles. The highest BCUT2D eigenvalue weighted by molar-refractivity contribution is 6.32. The third-order valence-corrected chi connectivity index (χ3v) is 5.31. The van der Waals surface area contributed by atoms with Gasteiger partial charge in [0.1, 0.15) is 0 Å². The van der Waals surface area contributed by atoms with Crippen molar-refractivity contribution in [3.8, 4) is 5.69 Å². The number of nitrogens with zero attached hydrogens (tertiary/aromatic N) is 3. The minimum atomic E-state index is -0.265. The van der Waals surface area contributed by atoms with Crippen LogP contribution in [0.2, 0.25) is 5.02 Å². The van der Waals surface area contributed by atoms with E-state index in [1.165, 1.54) is 0 Å². The Bertz CT molecular complexity index is 862. The van der Waals surface area contributed by atoms with E-state index < -0.39 is 0 Å². The van der Waals surface area contributed by atoms with E-state index in [2.05, 4.69) is 5.10 Å². The van der Waals surface area contributed by atoms with Gasteiger partial charge in [0.2, 0.25) is 0 Å². The second-order valence-corrected chi connectivity index (χ2v) is 7.71. The number of benzene rings is 1. The first-order chi connectivity index (χ1) is 13.4. The molecule has 1 amide bonds. The molecule has 7 heteroatoms. The monoisotopic (exact) mass is 403 g/mol. The van der Waals surface area contributed by atoms with Crippen LogP contribution in [-0.2, 0) is 9.53 Å². The Hall–Kier alpha value is -2.34. The van der Waals surface area contributed by atoms with E-state index in [-0.39, 0.29) is 23.7 Å². The van der Waals surface area contributed by atoms with Crippen LogP contribution in [0.15, 0.2) is 30.5 Å². The first kappa shape index (κ1) is 20.4. The van der Waals surface area contributed by atoms with Crippen LogP contribution in [0.25, 0.3) is 5.69 Å². The summed E-state index contributed by atoms with van der Waals surface area (Å²) < 4.78 is 6.89. The molecule has 0 spiro atoms. The van der Waals surface area contributed by atoms with Crippen LogP contribution in [-0.4, -0.2) is 46.3 Å². The van der Waals surface area contributed by atoms with Gasteiger partial charge in [-0.25, -0.2) is 4.68 Å². The Balaban J connectivity index is 1.90. The number of hydrogen-bond acceptors (Lipinski definition) is 4. The molecule has 1 atom stereocenters. The highest BCUT2D eigenvalue weighted by Gasteiger charge is 2.32. The van der Waals surface area contributed by atoms with Crippen molar-refractivity contribution in [1.82, 2.24) is 14.7 Å². The maximum Gasteiger partial charge on any atom is 0.310 e. The normalized spacial score (nSPS) is 17.0. The molecule has 1 aliphatic heterocycles. The van der Waals surface area contributed by atoms with E-state index in [0.29, 0.717) is 30.3 Å². The molecule has 1 aromatic heterocycles. The van der Waals surface area contributed by atoms with E-state index in [1.54, 1.807) is 28.8 Å². The van der Waals surface area contributed by atoms with Gasteiger partial charge in [-0.1, -0.05) is 37.6 Å². The lowest BCUT2D eigenvalue weighted by Gasteiger charge is -2.31. The van der Waals surface area contributed by atoms with Gasteiger partial charge in [-0.05, 0) is 37.8 Å². The van der Waals surface area contributed by atoms with Gasteiger partial charge in [-0.2, -0.15) is 5.10 Å². The van der Waals surface area contributed by atoms with Gasteiger partial charge in [0, 0.05) is 13.1 Å². The first-order valence-corrected chi connectivity index (χ1v) is 10.1. The molecule has 1 aliphatic rings. The Kier molecular flexibility index (Phi) is 6.39. The zero-order valence-corrected chi connectivity index (χ0v) is 17.3. The standard InChI is InChI=1S/C21H26ClN3O3/c1-4-28-21(27)15-8-7-11-24(13-15)20(26)16-12-23-25(19(16)14(2)3)18-10-6-5-9-17(18)22/h5-6,9-10,12,14-15H,4,7-8,11,13H2,1-3H3. The van der Waals surface area contributed by atoms with Crippen molar-refractivity contribution < 1.29 is 14.3 Å². The van der Waals surface area contributed by atoms with Crippen LogP contribution in [0.3, 0.4) is 0 Å². The molecular formula is C21H26ClN3O3. The second kappa shape index (κ2) is 8.78. The lowest BCUT2D eigenvalue weighted by atomic mass is 9.97. The molecule has 1 fully saturated rings. The molecular weight excluding hydrogens is 378 g/mol. The fourth-order valence-electron chi connectivity index (χ4n) is 3.68. The molecule has 0 N–H and O–H groups in total. The molecule has 6 nitrogen and oxygen atoms in total. The molecule has 0 bridgehead atoms. The fraction of sp³-hybridized carbons (Fsp3) is 0.476. The molecule has 0 radical (unpaired) electrons. The summed E-state index contributed by atoms with van der Waals surface area (Å²) in [5.74, 6) is -0.519. The van der Waals surface area contributed by atoms with Crippen molar-refractivity contribution in [2.75, 3.05) is 19.7 Å². The number of carbonyl (C=O) groups is 2. The van der Waals surface area contributed by atoms with Crippen LogP contribution >= 0.6 is 11.6 Å². The van der Waals surface area contributed by atoms with Crippen molar-refractivity contribution in [3.63, 3.8) is 0 Å². The van der Waals surface area contributed by atoms with Crippen molar-refractivity contribution in [2.45, 2.75) is 39.5 Å². The fourth-order valence-corrected chi connectivity index (χ4v) is 3.89. The van der Waals surface area contributed by atoms with Gasteiger partial charge in [-0.15, -0.1) is 0 Å². The number of ether oxygens (including phenoxy) is 1. The number of hydrogen-bond donors (Lipinski definition) is 0. The molecule has 150 valence electrons. The average molecular weight is 404 g/mol. The number of halogens is 1. The van der Waals surface area contributed by atoms with Crippen LogP contribution in [0, 0.1) is 5.92 Å². The van der Waals surface area contributed by atoms with Crippen LogP contribution in [0.1, 0.15) is 55.6 Å². The predicted octanol–water partition coefficient (Wildman–Crippen LogP) is 4.06. The number of likely N-dealkylation sites (tertiary alicyclic amines) is 1. The number of esters is 1. The molecule has 1 saturated heterocycles. The molecule has 2 aromatic rings. The molecule has 1 aromatic carbocycles. The van der Waals surface area contributed by atoms with Gasteiger partial charge < -0.3 is 9.64 Å². The van der Waals surface area contributed by atoms with Gasteiger partial charge in [-0.3, -0.25) is 9.59 Å². The minimum Gasteiger partial charge on any atom is -0.466 e. The zero-order chi connectivity index (χ0) is 20.3. The summed E-state index contributed by atoms with van der Waals surface area (Å²) in [5.41, 5.74) is 2.12. The summed E-state index contributed by atoms with van der Waals surface area (Å²) in [5, 5.41) is 5.04. The smallest absolute Gasteiger partial charge is 0.310 e.